The molecule has 0 spiro atoms. The second-order valence-corrected chi connectivity index (χ2v) is 7.41. The lowest BCUT2D eigenvalue weighted by Crippen LogP contribution is -2.50. The third kappa shape index (κ3) is 2.90. The number of hydrogen-bond acceptors (Lipinski definition) is 3. The van der Waals surface area contributed by atoms with Crippen LogP contribution in [-0.2, 0) is 4.79 Å². The second kappa shape index (κ2) is 6.70. The van der Waals surface area contributed by atoms with E-state index in [0.29, 0.717) is 36.4 Å². The van der Waals surface area contributed by atoms with Gasteiger partial charge in [0.25, 0.3) is 5.91 Å². The zero-order valence-electron chi connectivity index (χ0n) is 14.8. The highest BCUT2D eigenvalue weighted by Gasteiger charge is 2.45. The number of nitrogens with zero attached hydrogens (tertiary/aromatic N) is 2. The molecular weight excluding hydrogens is 316 g/mol. The highest BCUT2D eigenvalue weighted by atomic mass is 16.5. The van der Waals surface area contributed by atoms with Crippen molar-refractivity contribution in [3.63, 3.8) is 0 Å². The highest BCUT2D eigenvalue weighted by Crippen LogP contribution is 2.38. The second-order valence-electron chi connectivity index (χ2n) is 7.41. The van der Waals surface area contributed by atoms with Crippen molar-refractivity contribution in [2.45, 2.75) is 51.1 Å². The minimum atomic E-state index is -0.304. The molecule has 2 bridgehead atoms. The van der Waals surface area contributed by atoms with Crippen LogP contribution in [0.5, 0.6) is 5.75 Å². The average molecular weight is 342 g/mol. The maximum atomic E-state index is 13.1. The Morgan fingerprint density at radius 3 is 2.72 bits per heavy atom. The Labute approximate surface area is 148 Å². The maximum absolute atomic E-state index is 13.1. The summed E-state index contributed by atoms with van der Waals surface area (Å²) in [6.07, 6.45) is 5.20. The SMILES string of the molecule is CCOc1ccccc1C(=O)N1CCCC1C(=O)N1CC2CCC1C2. The Morgan fingerprint density at radius 1 is 1.16 bits per heavy atom. The van der Waals surface area contributed by atoms with Gasteiger partial charge in [0.15, 0.2) is 0 Å². The molecule has 0 radical (unpaired) electrons. The van der Waals surface area contributed by atoms with Crippen molar-refractivity contribution in [1.29, 1.82) is 0 Å². The number of benzene rings is 1. The van der Waals surface area contributed by atoms with E-state index < -0.39 is 0 Å². The van der Waals surface area contributed by atoms with E-state index in [4.69, 9.17) is 4.74 Å². The summed E-state index contributed by atoms with van der Waals surface area (Å²) < 4.78 is 5.61. The Balaban J connectivity index is 1.53. The monoisotopic (exact) mass is 342 g/mol. The molecule has 3 aliphatic rings. The van der Waals surface area contributed by atoms with E-state index in [1.165, 1.54) is 6.42 Å². The van der Waals surface area contributed by atoms with Crippen LogP contribution >= 0.6 is 0 Å². The van der Waals surface area contributed by atoms with Crippen LogP contribution < -0.4 is 4.74 Å². The predicted molar refractivity (Wildman–Crippen MR) is 94.5 cm³/mol. The summed E-state index contributed by atoms with van der Waals surface area (Å²) in [5.41, 5.74) is 0.562. The summed E-state index contributed by atoms with van der Waals surface area (Å²) in [6.45, 7) is 3.96. The van der Waals surface area contributed by atoms with E-state index in [1.54, 1.807) is 11.0 Å². The minimum Gasteiger partial charge on any atom is -0.493 e. The largest absolute Gasteiger partial charge is 0.493 e. The van der Waals surface area contributed by atoms with Crippen LogP contribution in [0.15, 0.2) is 24.3 Å². The van der Waals surface area contributed by atoms with Gasteiger partial charge in [-0.1, -0.05) is 12.1 Å². The highest BCUT2D eigenvalue weighted by molar-refractivity contribution is 6.00. The van der Waals surface area contributed by atoms with E-state index in [2.05, 4.69) is 4.90 Å². The number of likely N-dealkylation sites (tertiary alicyclic amines) is 2. The van der Waals surface area contributed by atoms with Gasteiger partial charge >= 0.3 is 0 Å². The molecule has 3 fully saturated rings. The third-order valence-electron chi connectivity index (χ3n) is 5.91. The smallest absolute Gasteiger partial charge is 0.258 e. The molecule has 4 rings (SSSR count). The van der Waals surface area contributed by atoms with Gasteiger partial charge in [-0.15, -0.1) is 0 Å². The summed E-state index contributed by atoms with van der Waals surface area (Å²) in [4.78, 5) is 30.0. The Kier molecular flexibility index (Phi) is 4.40. The van der Waals surface area contributed by atoms with Gasteiger partial charge in [-0.2, -0.15) is 0 Å². The number of ether oxygens (including phenoxy) is 1. The van der Waals surface area contributed by atoms with Crippen molar-refractivity contribution in [2.24, 2.45) is 5.92 Å². The normalized spacial score (nSPS) is 27.8. The van der Waals surface area contributed by atoms with Crippen molar-refractivity contribution < 1.29 is 14.3 Å². The molecule has 2 amide bonds. The van der Waals surface area contributed by atoms with Crippen LogP contribution in [0, 0.1) is 5.92 Å². The molecule has 5 nitrogen and oxygen atoms in total. The molecule has 3 atom stereocenters. The Bertz CT molecular complexity index is 675. The molecule has 0 aromatic heterocycles. The van der Waals surface area contributed by atoms with Crippen molar-refractivity contribution in [2.75, 3.05) is 19.7 Å². The van der Waals surface area contributed by atoms with Crippen molar-refractivity contribution >= 4 is 11.8 Å². The summed E-state index contributed by atoms with van der Waals surface area (Å²) in [6, 6.07) is 7.44. The number of piperidine rings is 1. The van der Waals surface area contributed by atoms with Crippen LogP contribution in [0.3, 0.4) is 0 Å². The first kappa shape index (κ1) is 16.4. The molecule has 3 unspecified atom stereocenters. The molecule has 1 aliphatic carbocycles. The van der Waals surface area contributed by atoms with E-state index in [0.717, 1.165) is 32.2 Å². The summed E-state index contributed by atoms with van der Waals surface area (Å²) in [7, 11) is 0. The lowest BCUT2D eigenvalue weighted by atomic mass is 10.1. The molecule has 1 aromatic carbocycles. The van der Waals surface area contributed by atoms with E-state index in [9.17, 15) is 9.59 Å². The lowest BCUT2D eigenvalue weighted by Gasteiger charge is -2.33. The summed E-state index contributed by atoms with van der Waals surface area (Å²) in [5, 5.41) is 0. The average Bonchev–Trinajstić information content (AvgIpc) is 3.37. The van der Waals surface area contributed by atoms with Gasteiger partial charge in [0.05, 0.1) is 12.2 Å². The first-order chi connectivity index (χ1) is 12.2. The quantitative estimate of drug-likeness (QED) is 0.845. The molecule has 2 aliphatic heterocycles. The first-order valence-corrected chi connectivity index (χ1v) is 9.52. The molecule has 25 heavy (non-hydrogen) atoms. The molecule has 0 N–H and O–H groups in total. The molecule has 134 valence electrons. The fourth-order valence-corrected chi connectivity index (χ4v) is 4.73. The Morgan fingerprint density at radius 2 is 2.00 bits per heavy atom. The standard InChI is InChI=1S/C20H26N2O3/c1-2-25-18-8-4-3-6-16(18)19(23)21-11-5-7-17(21)20(24)22-13-14-9-10-15(22)12-14/h3-4,6,8,14-15,17H,2,5,7,9-13H2,1H3. The van der Waals surface area contributed by atoms with Crippen LogP contribution in [-0.4, -0.2) is 53.4 Å². The molecular formula is C20H26N2O3. The van der Waals surface area contributed by atoms with Crippen molar-refractivity contribution in [3.8, 4) is 5.75 Å². The molecule has 2 heterocycles. The first-order valence-electron chi connectivity index (χ1n) is 9.52. The number of carbonyl (C=O) groups excluding carboxylic acids is 2. The number of amides is 2. The van der Waals surface area contributed by atoms with Gasteiger partial charge in [-0.3, -0.25) is 9.59 Å². The van der Waals surface area contributed by atoms with Gasteiger partial charge in [0.1, 0.15) is 11.8 Å². The fourth-order valence-electron chi connectivity index (χ4n) is 4.73. The van der Waals surface area contributed by atoms with E-state index >= 15 is 0 Å². The van der Waals surface area contributed by atoms with E-state index in [1.807, 2.05) is 25.1 Å². The van der Waals surface area contributed by atoms with E-state index in [-0.39, 0.29) is 17.9 Å². The number of hydrogen-bond donors (Lipinski definition) is 0. The van der Waals surface area contributed by atoms with Gasteiger partial charge in [0.2, 0.25) is 5.91 Å². The predicted octanol–water partition coefficient (Wildman–Crippen LogP) is 2.70. The topological polar surface area (TPSA) is 49.9 Å². The molecule has 5 heteroatoms. The summed E-state index contributed by atoms with van der Waals surface area (Å²) in [5.74, 6) is 1.36. The molecule has 1 saturated carbocycles. The zero-order valence-corrected chi connectivity index (χ0v) is 14.8. The van der Waals surface area contributed by atoms with Crippen LogP contribution in [0.1, 0.15) is 49.4 Å². The third-order valence-corrected chi connectivity index (χ3v) is 5.91. The zero-order chi connectivity index (χ0) is 17.4. The van der Waals surface area contributed by atoms with Gasteiger partial charge in [-0.05, 0) is 57.1 Å². The lowest BCUT2D eigenvalue weighted by molar-refractivity contribution is -0.136. The Hall–Kier alpha value is -2.04. The number of para-hydroxylation sites is 1. The van der Waals surface area contributed by atoms with Gasteiger partial charge < -0.3 is 14.5 Å². The van der Waals surface area contributed by atoms with Crippen LogP contribution in [0.2, 0.25) is 0 Å². The minimum absolute atomic E-state index is 0.0794. The molecule has 2 saturated heterocycles. The summed E-state index contributed by atoms with van der Waals surface area (Å²) >= 11 is 0. The van der Waals surface area contributed by atoms with Crippen molar-refractivity contribution in [3.05, 3.63) is 29.8 Å². The molecule has 1 aromatic rings. The van der Waals surface area contributed by atoms with Crippen LogP contribution in [0.4, 0.5) is 0 Å². The maximum Gasteiger partial charge on any atom is 0.258 e. The van der Waals surface area contributed by atoms with Crippen LogP contribution in [0.25, 0.3) is 0 Å². The number of carbonyl (C=O) groups is 2. The number of fused-ring (bicyclic) bond motifs is 2. The van der Waals surface area contributed by atoms with Crippen molar-refractivity contribution in [1.82, 2.24) is 9.80 Å². The fraction of sp³-hybridized carbons (Fsp3) is 0.600. The van der Waals surface area contributed by atoms with Gasteiger partial charge in [-0.25, -0.2) is 0 Å². The number of rotatable bonds is 4. The van der Waals surface area contributed by atoms with Gasteiger partial charge in [0, 0.05) is 19.1 Å².